The van der Waals surface area contributed by atoms with Crippen LogP contribution in [0, 0.1) is 34.9 Å². The summed E-state index contributed by atoms with van der Waals surface area (Å²) in [4.78, 5) is 0. The van der Waals surface area contributed by atoms with Crippen molar-refractivity contribution in [2.24, 2.45) is 0 Å². The zero-order chi connectivity index (χ0) is 33.7. The van der Waals surface area contributed by atoms with Crippen LogP contribution in [0.15, 0.2) is 91.0 Å². The number of alkyl halides is 2. The molecule has 0 aliphatic carbocycles. The molecular formula is C38H30F8O. The van der Waals surface area contributed by atoms with Crippen molar-refractivity contribution in [1.29, 1.82) is 0 Å². The molecule has 0 aromatic heterocycles. The molecule has 5 rings (SSSR count). The zero-order valence-electron chi connectivity index (χ0n) is 25.3. The lowest BCUT2D eigenvalue weighted by Crippen LogP contribution is -2.25. The third-order valence-corrected chi connectivity index (χ3v) is 7.89. The first kappa shape index (κ1) is 33.7. The number of rotatable bonds is 12. The second-order valence-electron chi connectivity index (χ2n) is 11.3. The van der Waals surface area contributed by atoms with Gasteiger partial charge in [-0.2, -0.15) is 8.78 Å². The van der Waals surface area contributed by atoms with Gasteiger partial charge >= 0.3 is 6.11 Å². The van der Waals surface area contributed by atoms with Crippen LogP contribution in [0.25, 0.3) is 33.4 Å². The standard InChI is InChI=1S/C38H30F8O/c1-2-3-4-5-6-7-23-8-10-24(11-9-23)26-14-17-30(31(39)18-26)28-21-32(40)36(33(41)22-28)38(45,46)47-29-15-12-25(13-16-29)27-19-34(42)37(44)35(43)20-27/h8-22H,2-7H2,1H3. The number of unbranched alkanes of at least 4 members (excludes halogenated alkanes) is 4. The van der Waals surface area contributed by atoms with Gasteiger partial charge in [0.1, 0.15) is 28.8 Å². The largest absolute Gasteiger partial charge is 0.432 e. The molecule has 0 amide bonds. The molecule has 0 saturated heterocycles. The van der Waals surface area contributed by atoms with Crippen LogP contribution in [0.5, 0.6) is 5.75 Å². The van der Waals surface area contributed by atoms with Crippen molar-refractivity contribution >= 4 is 0 Å². The third-order valence-electron chi connectivity index (χ3n) is 7.89. The second-order valence-corrected chi connectivity index (χ2v) is 11.3. The average Bonchev–Trinajstić information content (AvgIpc) is 3.03. The van der Waals surface area contributed by atoms with E-state index in [9.17, 15) is 13.2 Å². The summed E-state index contributed by atoms with van der Waals surface area (Å²) in [6, 6.07) is 18.8. The fourth-order valence-corrected chi connectivity index (χ4v) is 5.37. The van der Waals surface area contributed by atoms with E-state index < -0.39 is 52.3 Å². The van der Waals surface area contributed by atoms with Crippen LogP contribution in [0.3, 0.4) is 0 Å². The maximum atomic E-state index is 15.2. The molecule has 5 aromatic carbocycles. The van der Waals surface area contributed by atoms with E-state index in [1.165, 1.54) is 37.0 Å². The molecule has 0 fully saturated rings. The molecule has 0 radical (unpaired) electrons. The van der Waals surface area contributed by atoms with E-state index >= 15 is 22.0 Å². The molecule has 0 N–H and O–H groups in total. The highest BCUT2D eigenvalue weighted by Crippen LogP contribution is 2.38. The quantitative estimate of drug-likeness (QED) is 0.0739. The summed E-state index contributed by atoms with van der Waals surface area (Å²) in [6.07, 6.45) is 2.31. The van der Waals surface area contributed by atoms with E-state index in [1.807, 2.05) is 24.3 Å². The third kappa shape index (κ3) is 7.84. The van der Waals surface area contributed by atoms with Crippen LogP contribution < -0.4 is 4.74 Å². The number of aryl methyl sites for hydroxylation is 1. The van der Waals surface area contributed by atoms with Gasteiger partial charge < -0.3 is 4.74 Å². The first-order valence-corrected chi connectivity index (χ1v) is 15.2. The fraction of sp³-hybridized carbons (Fsp3) is 0.211. The van der Waals surface area contributed by atoms with Gasteiger partial charge in [0.2, 0.25) is 0 Å². The highest BCUT2D eigenvalue weighted by atomic mass is 19.3. The van der Waals surface area contributed by atoms with Crippen LogP contribution >= 0.6 is 0 Å². The molecule has 9 heteroatoms. The molecule has 5 aromatic rings. The average molecular weight is 655 g/mol. The number of hydrogen-bond donors (Lipinski definition) is 0. The van der Waals surface area contributed by atoms with Crippen molar-refractivity contribution in [3.63, 3.8) is 0 Å². The summed E-state index contributed by atoms with van der Waals surface area (Å²) in [6.45, 7) is 2.17. The highest BCUT2D eigenvalue weighted by molar-refractivity contribution is 5.71. The van der Waals surface area contributed by atoms with Gasteiger partial charge in [0, 0.05) is 5.56 Å². The van der Waals surface area contributed by atoms with Gasteiger partial charge in [0.05, 0.1) is 0 Å². The van der Waals surface area contributed by atoms with Crippen LogP contribution in [0.4, 0.5) is 35.1 Å². The SMILES string of the molecule is CCCCCCCc1ccc(-c2ccc(-c3cc(F)c(C(F)(F)Oc4ccc(-c5cc(F)c(F)c(F)c5)cc4)c(F)c3)c(F)c2)cc1. The summed E-state index contributed by atoms with van der Waals surface area (Å²) in [5.74, 6) is -9.17. The van der Waals surface area contributed by atoms with Gasteiger partial charge in [-0.3, -0.25) is 0 Å². The number of benzene rings is 5. The first-order chi connectivity index (χ1) is 22.5. The highest BCUT2D eigenvalue weighted by Gasteiger charge is 2.41. The molecule has 0 atom stereocenters. The predicted octanol–water partition coefficient (Wildman–Crippen LogP) is 12.2. The maximum Gasteiger partial charge on any atom is 0.432 e. The van der Waals surface area contributed by atoms with E-state index in [1.54, 1.807) is 6.07 Å². The van der Waals surface area contributed by atoms with Crippen molar-refractivity contribution in [2.45, 2.75) is 51.6 Å². The number of halogens is 8. The molecule has 0 unspecified atom stereocenters. The van der Waals surface area contributed by atoms with Gasteiger partial charge in [-0.1, -0.05) is 81.1 Å². The van der Waals surface area contributed by atoms with Gasteiger partial charge in [0.15, 0.2) is 17.5 Å². The Balaban J connectivity index is 1.30. The summed E-state index contributed by atoms with van der Waals surface area (Å²) < 4.78 is 120. The molecule has 244 valence electrons. The molecule has 0 heterocycles. The first-order valence-electron chi connectivity index (χ1n) is 15.2. The molecule has 0 bridgehead atoms. The molecule has 0 spiro atoms. The monoisotopic (exact) mass is 654 g/mol. The Morgan fingerprint density at radius 2 is 1.02 bits per heavy atom. The van der Waals surface area contributed by atoms with E-state index in [2.05, 4.69) is 11.7 Å². The van der Waals surface area contributed by atoms with Gasteiger partial charge in [-0.25, -0.2) is 26.3 Å². The minimum atomic E-state index is -4.49. The number of ether oxygens (including phenoxy) is 1. The summed E-state index contributed by atoms with van der Waals surface area (Å²) >= 11 is 0. The van der Waals surface area contributed by atoms with Gasteiger partial charge in [-0.15, -0.1) is 0 Å². The predicted molar refractivity (Wildman–Crippen MR) is 166 cm³/mol. The van der Waals surface area contributed by atoms with E-state index in [0.717, 1.165) is 61.2 Å². The van der Waals surface area contributed by atoms with Gasteiger partial charge in [-0.05, 0) is 88.7 Å². The van der Waals surface area contributed by atoms with Crippen molar-refractivity contribution in [1.82, 2.24) is 0 Å². The molecular weight excluding hydrogens is 624 g/mol. The zero-order valence-corrected chi connectivity index (χ0v) is 25.3. The second kappa shape index (κ2) is 14.4. The normalized spacial score (nSPS) is 11.6. The van der Waals surface area contributed by atoms with Crippen LogP contribution in [-0.2, 0) is 12.5 Å². The Bertz CT molecular complexity index is 1800. The molecule has 0 aliphatic rings. The molecule has 1 nitrogen and oxygen atoms in total. The summed E-state index contributed by atoms with van der Waals surface area (Å²) in [5, 5.41) is 0. The van der Waals surface area contributed by atoms with E-state index in [4.69, 9.17) is 0 Å². The molecule has 0 saturated carbocycles. The number of hydrogen-bond acceptors (Lipinski definition) is 1. The van der Waals surface area contributed by atoms with Crippen molar-refractivity contribution in [3.05, 3.63) is 137 Å². The maximum absolute atomic E-state index is 15.2. The Kier molecular flexibility index (Phi) is 10.3. The minimum Gasteiger partial charge on any atom is -0.429 e. The lowest BCUT2D eigenvalue weighted by Gasteiger charge is -2.20. The lowest BCUT2D eigenvalue weighted by molar-refractivity contribution is -0.189. The summed E-state index contributed by atoms with van der Waals surface area (Å²) in [7, 11) is 0. The minimum absolute atomic E-state index is 0.0749. The Morgan fingerprint density at radius 1 is 0.511 bits per heavy atom. The van der Waals surface area contributed by atoms with Crippen LogP contribution in [0.2, 0.25) is 0 Å². The van der Waals surface area contributed by atoms with Crippen LogP contribution in [-0.4, -0.2) is 0 Å². The summed E-state index contributed by atoms with van der Waals surface area (Å²) in [5.41, 5.74) is 0.367. The smallest absolute Gasteiger partial charge is 0.429 e. The Morgan fingerprint density at radius 3 is 1.62 bits per heavy atom. The van der Waals surface area contributed by atoms with E-state index in [-0.39, 0.29) is 22.3 Å². The van der Waals surface area contributed by atoms with Gasteiger partial charge in [0.25, 0.3) is 0 Å². The Hall–Kier alpha value is -4.66. The fourth-order valence-electron chi connectivity index (χ4n) is 5.37. The van der Waals surface area contributed by atoms with Crippen LogP contribution in [0.1, 0.15) is 50.2 Å². The lowest BCUT2D eigenvalue weighted by atomic mass is 9.97. The van der Waals surface area contributed by atoms with Crippen molar-refractivity contribution in [3.8, 4) is 39.1 Å². The molecule has 0 aliphatic heterocycles. The Labute approximate surface area is 267 Å². The van der Waals surface area contributed by atoms with Crippen molar-refractivity contribution in [2.75, 3.05) is 0 Å². The van der Waals surface area contributed by atoms with E-state index in [0.29, 0.717) is 17.7 Å². The van der Waals surface area contributed by atoms with Crippen molar-refractivity contribution < 1.29 is 39.9 Å². The topological polar surface area (TPSA) is 9.23 Å². The molecule has 47 heavy (non-hydrogen) atoms.